The lowest BCUT2D eigenvalue weighted by Gasteiger charge is -2.27. The van der Waals surface area contributed by atoms with Gasteiger partial charge in [-0.3, -0.25) is 0 Å². The van der Waals surface area contributed by atoms with Gasteiger partial charge in [0.25, 0.3) is 0 Å². The van der Waals surface area contributed by atoms with E-state index in [1.54, 1.807) is 0 Å². The Kier molecular flexibility index (Phi) is 9.44. The summed E-state index contributed by atoms with van der Waals surface area (Å²) in [5, 5.41) is 9.06. The number of hydrogen-bond acceptors (Lipinski definition) is 4. The minimum atomic E-state index is 0.165. The van der Waals surface area contributed by atoms with Crippen LogP contribution in [0.5, 0.6) is 0 Å². The molecule has 0 unspecified atom stereocenters. The zero-order valence-corrected chi connectivity index (χ0v) is 39.1. The summed E-state index contributed by atoms with van der Waals surface area (Å²) >= 11 is 0. The lowest BCUT2D eigenvalue weighted by atomic mass is 9.95. The maximum absolute atomic E-state index is 6.94. The van der Waals surface area contributed by atoms with E-state index in [0.717, 1.165) is 94.3 Å². The topological polar surface area (TPSA) is 32.8 Å². The van der Waals surface area contributed by atoms with E-state index in [4.69, 9.17) is 8.83 Å². The number of nitrogens with zero attached hydrogens (tertiary/aromatic N) is 2. The Morgan fingerprint density at radius 1 is 0.338 bits per heavy atom. The highest BCUT2D eigenvalue weighted by molar-refractivity contribution is 6.20. The molecule has 4 heteroatoms. The lowest BCUT2D eigenvalue weighted by molar-refractivity contribution is 0.638. The number of fused-ring (bicyclic) bond motifs is 8. The van der Waals surface area contributed by atoms with Crippen LogP contribution in [-0.4, -0.2) is 0 Å². The summed E-state index contributed by atoms with van der Waals surface area (Å²) in [4.78, 5) is 4.74. The molecule has 0 saturated carbocycles. The van der Waals surface area contributed by atoms with E-state index < -0.39 is 0 Å². The summed E-state index contributed by atoms with van der Waals surface area (Å²) < 4.78 is 13.9. The molecule has 0 amide bonds. The van der Waals surface area contributed by atoms with Gasteiger partial charge in [0.1, 0.15) is 22.3 Å². The van der Waals surface area contributed by atoms with E-state index in [0.29, 0.717) is 0 Å². The van der Waals surface area contributed by atoms with Crippen LogP contribution >= 0.6 is 0 Å². The summed E-state index contributed by atoms with van der Waals surface area (Å²) in [6.45, 7) is 22.0. The Balaban J connectivity index is 1.05. The number of anilines is 6. The maximum Gasteiger partial charge on any atom is 0.142 e. The van der Waals surface area contributed by atoms with Crippen molar-refractivity contribution in [3.8, 4) is 0 Å². The number of aryl methyl sites for hydroxylation is 6. The molecule has 0 atom stereocenters. The second kappa shape index (κ2) is 15.2. The summed E-state index contributed by atoms with van der Waals surface area (Å²) in [6.07, 6.45) is 0. The Morgan fingerprint density at radius 2 is 0.708 bits per heavy atom. The van der Waals surface area contributed by atoms with E-state index in [1.165, 1.54) is 55.3 Å². The van der Waals surface area contributed by atoms with E-state index >= 15 is 0 Å². The molecular formula is C61H54N2O2. The summed E-state index contributed by atoms with van der Waals surface area (Å²) in [5.74, 6) is 0.165. The third-order valence-electron chi connectivity index (χ3n) is 14.1. The highest BCUT2D eigenvalue weighted by Crippen LogP contribution is 2.46. The van der Waals surface area contributed by atoms with Crippen LogP contribution in [0.15, 0.2) is 148 Å². The van der Waals surface area contributed by atoms with Crippen molar-refractivity contribution in [1.29, 1.82) is 0 Å². The number of rotatable bonds is 7. The molecular weight excluding hydrogens is 793 g/mol. The summed E-state index contributed by atoms with van der Waals surface area (Å²) in [6, 6.07) is 51.8. The molecule has 11 aromatic rings. The molecule has 2 aromatic heterocycles. The molecule has 4 nitrogen and oxygen atoms in total. The second-order valence-electron chi connectivity index (χ2n) is 18.9. The fourth-order valence-corrected chi connectivity index (χ4v) is 10.00. The van der Waals surface area contributed by atoms with Gasteiger partial charge in [0.2, 0.25) is 0 Å². The van der Waals surface area contributed by atoms with Crippen LogP contribution < -0.4 is 9.80 Å². The Morgan fingerprint density at radius 3 is 1.08 bits per heavy atom. The normalized spacial score (nSPS) is 12.0. The molecule has 0 fully saturated rings. The molecule has 0 aliphatic rings. The van der Waals surface area contributed by atoms with E-state index in [1.807, 2.05) is 0 Å². The van der Waals surface area contributed by atoms with Crippen LogP contribution in [0.1, 0.15) is 69.8 Å². The van der Waals surface area contributed by atoms with Gasteiger partial charge in [0, 0.05) is 61.2 Å². The van der Waals surface area contributed by atoms with Crippen LogP contribution in [0, 0.1) is 55.4 Å². The quantitative estimate of drug-likeness (QED) is 0.160. The van der Waals surface area contributed by atoms with Crippen molar-refractivity contribution in [3.63, 3.8) is 0 Å². The Bertz CT molecular complexity index is 3430. The fourth-order valence-electron chi connectivity index (χ4n) is 10.00. The van der Waals surface area contributed by atoms with Crippen molar-refractivity contribution in [1.82, 2.24) is 0 Å². The van der Waals surface area contributed by atoms with Gasteiger partial charge in [-0.25, -0.2) is 0 Å². The lowest BCUT2D eigenvalue weighted by Crippen LogP contribution is -2.11. The van der Waals surface area contributed by atoms with Gasteiger partial charge in [0.05, 0.1) is 0 Å². The third kappa shape index (κ3) is 6.74. The van der Waals surface area contributed by atoms with Crippen molar-refractivity contribution in [2.75, 3.05) is 9.80 Å². The third-order valence-corrected chi connectivity index (χ3v) is 14.1. The molecule has 11 rings (SSSR count). The molecule has 2 heterocycles. The maximum atomic E-state index is 6.94. The smallest absolute Gasteiger partial charge is 0.142 e. The first-order chi connectivity index (χ1) is 31.3. The fraction of sp³-hybridized carbons (Fsp3) is 0.180. The van der Waals surface area contributed by atoms with Crippen LogP contribution in [0.4, 0.5) is 34.1 Å². The zero-order chi connectivity index (χ0) is 45.0. The molecule has 65 heavy (non-hydrogen) atoms. The van der Waals surface area contributed by atoms with Crippen LogP contribution in [0.2, 0.25) is 0 Å². The molecule has 0 radical (unpaired) electrons. The van der Waals surface area contributed by atoms with Gasteiger partial charge in [0.15, 0.2) is 0 Å². The number of furan rings is 2. The van der Waals surface area contributed by atoms with Crippen molar-refractivity contribution >= 4 is 99.5 Å². The van der Waals surface area contributed by atoms with E-state index in [2.05, 4.69) is 219 Å². The molecule has 0 aliphatic heterocycles. The first-order valence-electron chi connectivity index (χ1n) is 22.9. The van der Waals surface area contributed by atoms with Crippen molar-refractivity contribution in [3.05, 3.63) is 190 Å². The van der Waals surface area contributed by atoms with Crippen LogP contribution in [-0.2, 0) is 0 Å². The SMILES string of the molecule is Cc1ccc(N(c2cc(C)c(C)c(C)c2)c2ccc3cc4c(cc3c2)oc2c(C(C)C)c3oc5cc6cc(N(c7ccc(C)cc7)c7cc(C)c(C)c(C)c7)ccc6cc5c3cc24)cc1. The minimum Gasteiger partial charge on any atom is -0.456 e. The second-order valence-corrected chi connectivity index (χ2v) is 18.9. The van der Waals surface area contributed by atoms with Crippen LogP contribution in [0.25, 0.3) is 65.4 Å². The van der Waals surface area contributed by atoms with Crippen LogP contribution in [0.3, 0.4) is 0 Å². The van der Waals surface area contributed by atoms with E-state index in [-0.39, 0.29) is 5.92 Å². The predicted molar refractivity (Wildman–Crippen MR) is 277 cm³/mol. The monoisotopic (exact) mass is 846 g/mol. The highest BCUT2D eigenvalue weighted by atomic mass is 16.3. The van der Waals surface area contributed by atoms with Gasteiger partial charge in [-0.1, -0.05) is 61.4 Å². The average Bonchev–Trinajstić information content (AvgIpc) is 3.82. The van der Waals surface area contributed by atoms with Gasteiger partial charge < -0.3 is 18.6 Å². The van der Waals surface area contributed by atoms with E-state index in [9.17, 15) is 0 Å². The number of benzene rings is 9. The summed E-state index contributed by atoms with van der Waals surface area (Å²) in [7, 11) is 0. The molecule has 0 bridgehead atoms. The van der Waals surface area contributed by atoms with Gasteiger partial charge in [-0.2, -0.15) is 0 Å². The Labute approximate surface area is 381 Å². The van der Waals surface area contributed by atoms with Crippen molar-refractivity contribution in [2.24, 2.45) is 0 Å². The molecule has 0 saturated heterocycles. The average molecular weight is 847 g/mol. The predicted octanol–water partition coefficient (Wildman–Crippen LogP) is 18.3. The highest BCUT2D eigenvalue weighted by Gasteiger charge is 2.24. The molecule has 320 valence electrons. The van der Waals surface area contributed by atoms with Crippen molar-refractivity contribution < 1.29 is 8.83 Å². The molecule has 0 spiro atoms. The number of hydrogen-bond donors (Lipinski definition) is 0. The largest absolute Gasteiger partial charge is 0.456 e. The first-order valence-corrected chi connectivity index (χ1v) is 22.9. The molecule has 0 N–H and O–H groups in total. The Hall–Kier alpha value is -7.30. The molecule has 0 aliphatic carbocycles. The van der Waals surface area contributed by atoms with Gasteiger partial charge in [-0.15, -0.1) is 0 Å². The zero-order valence-electron chi connectivity index (χ0n) is 39.1. The standard InChI is InChI=1S/C61H54N2O2/c1-34(2)59-60-55(53-29-43-15-21-49(27-45(43)31-57(53)64-60)62(47-17-11-35(3)12-18-47)51-23-37(5)41(9)38(6)24-51)33-56-54-30-44-16-22-50(28-46(44)32-58(54)65-61(56)59)63(48-19-13-36(4)14-20-48)52-25-39(7)42(10)40(8)26-52/h11-34H,1-10H3. The van der Waals surface area contributed by atoms with Gasteiger partial charge in [-0.05, 0) is 219 Å². The van der Waals surface area contributed by atoms with Crippen molar-refractivity contribution in [2.45, 2.75) is 75.2 Å². The summed E-state index contributed by atoms with van der Waals surface area (Å²) in [5.41, 5.74) is 21.7. The van der Waals surface area contributed by atoms with Gasteiger partial charge >= 0.3 is 0 Å². The minimum absolute atomic E-state index is 0.165. The molecule has 9 aromatic carbocycles. The first kappa shape index (κ1) is 40.5.